The van der Waals surface area contributed by atoms with E-state index in [1.54, 1.807) is 0 Å². The number of rotatable bonds is 7. The Kier molecular flexibility index (Phi) is 6.99. The second-order valence-electron chi connectivity index (χ2n) is 10.5. The number of piperidine rings is 1. The minimum atomic E-state index is -0.0272. The number of nitrogens with zero attached hydrogens (tertiary/aromatic N) is 3. The summed E-state index contributed by atoms with van der Waals surface area (Å²) >= 11 is 0. The van der Waals surface area contributed by atoms with Crippen molar-refractivity contribution in [2.45, 2.75) is 39.2 Å². The third-order valence-electron chi connectivity index (χ3n) is 7.75. The number of aromatic nitrogens is 5. The first-order valence-electron chi connectivity index (χ1n) is 13.8. The summed E-state index contributed by atoms with van der Waals surface area (Å²) in [6.07, 6.45) is 13.8. The Morgan fingerprint density at radius 2 is 2.00 bits per heavy atom. The highest BCUT2D eigenvalue weighted by molar-refractivity contribution is 5.90. The van der Waals surface area contributed by atoms with Gasteiger partial charge in [-0.25, -0.2) is 9.97 Å². The van der Waals surface area contributed by atoms with Crippen LogP contribution >= 0.6 is 0 Å². The van der Waals surface area contributed by atoms with Gasteiger partial charge in [-0.1, -0.05) is 48.6 Å². The van der Waals surface area contributed by atoms with Crippen LogP contribution in [0.2, 0.25) is 0 Å². The number of allylic oxidation sites excluding steroid dienone is 5. The molecular weight excluding hydrogens is 482 g/mol. The minimum absolute atomic E-state index is 0.0272. The first kappa shape index (κ1) is 25.1. The number of pyridine rings is 1. The number of fused-ring (bicyclic) bond motifs is 2. The molecule has 0 saturated carbocycles. The molecule has 1 saturated heterocycles. The standard InChI is InChI=1S/C32H35N7/c1-4-21(18-22-11-14-33-15-12-22)19-23(5-2)25-9-10-27-30(35-25)31(39-38-27)32-36-26-13-16-34-28(29(26)37-32)24-8-6-7-20(3)17-24/h4-10,13,16-17,19,22,28,33-34H,1,11-12,14-15,18H2,2-3H3,(H,36,37)(H,38,39)/b21-19+,23-5+. The third-order valence-corrected chi connectivity index (χ3v) is 7.75. The fraction of sp³-hybridized carbons (Fsp3) is 0.281. The van der Waals surface area contributed by atoms with Gasteiger partial charge in [0.25, 0.3) is 0 Å². The van der Waals surface area contributed by atoms with Crippen molar-refractivity contribution >= 4 is 22.7 Å². The van der Waals surface area contributed by atoms with Crippen LogP contribution < -0.4 is 10.6 Å². The molecule has 2 aliphatic rings. The van der Waals surface area contributed by atoms with Gasteiger partial charge in [-0.3, -0.25) is 5.10 Å². The largest absolute Gasteiger partial charge is 0.379 e. The molecule has 1 unspecified atom stereocenters. The Balaban J connectivity index is 1.33. The lowest BCUT2D eigenvalue weighted by Crippen LogP contribution is -2.27. The summed E-state index contributed by atoms with van der Waals surface area (Å²) in [6, 6.07) is 12.6. The third kappa shape index (κ3) is 5.10. The Morgan fingerprint density at radius 1 is 1.13 bits per heavy atom. The molecule has 7 nitrogen and oxygen atoms in total. The number of hydrogen-bond acceptors (Lipinski definition) is 5. The number of hydrogen-bond donors (Lipinski definition) is 4. The Morgan fingerprint density at radius 3 is 2.79 bits per heavy atom. The summed E-state index contributed by atoms with van der Waals surface area (Å²) < 4.78 is 0. The van der Waals surface area contributed by atoms with Gasteiger partial charge in [-0.2, -0.15) is 5.10 Å². The van der Waals surface area contributed by atoms with Crippen molar-refractivity contribution in [2.75, 3.05) is 13.1 Å². The molecule has 0 spiro atoms. The van der Waals surface area contributed by atoms with E-state index in [-0.39, 0.29) is 6.04 Å². The van der Waals surface area contributed by atoms with E-state index in [4.69, 9.17) is 9.97 Å². The number of nitrogens with one attached hydrogen (secondary N) is 4. The molecule has 6 rings (SSSR count). The van der Waals surface area contributed by atoms with Crippen molar-refractivity contribution in [2.24, 2.45) is 5.92 Å². The minimum Gasteiger partial charge on any atom is -0.379 e. The molecule has 5 heterocycles. The highest BCUT2D eigenvalue weighted by Gasteiger charge is 2.25. The van der Waals surface area contributed by atoms with Gasteiger partial charge in [0.2, 0.25) is 0 Å². The van der Waals surface area contributed by atoms with Crippen molar-refractivity contribution in [3.05, 3.63) is 101 Å². The topological polar surface area (TPSA) is 94.3 Å². The molecule has 0 bridgehead atoms. The molecule has 1 atom stereocenters. The predicted molar refractivity (Wildman–Crippen MR) is 159 cm³/mol. The Bertz CT molecular complexity index is 1590. The van der Waals surface area contributed by atoms with Gasteiger partial charge in [0.05, 0.1) is 28.6 Å². The molecule has 1 aromatic carbocycles. The van der Waals surface area contributed by atoms with E-state index in [0.717, 1.165) is 58.9 Å². The highest BCUT2D eigenvalue weighted by atomic mass is 15.2. The smallest absolute Gasteiger partial charge is 0.161 e. The van der Waals surface area contributed by atoms with Crippen LogP contribution in [0.25, 0.3) is 34.2 Å². The number of H-pyrrole nitrogens is 2. The Hall–Kier alpha value is -4.23. The average Bonchev–Trinajstić information content (AvgIpc) is 3.59. The van der Waals surface area contributed by atoms with Gasteiger partial charge in [-0.15, -0.1) is 0 Å². The molecule has 4 N–H and O–H groups in total. The van der Waals surface area contributed by atoms with Crippen LogP contribution in [0.1, 0.15) is 60.4 Å². The lowest BCUT2D eigenvalue weighted by atomic mass is 9.90. The van der Waals surface area contributed by atoms with Crippen LogP contribution in [0.4, 0.5) is 0 Å². The fourth-order valence-electron chi connectivity index (χ4n) is 5.62. The molecule has 1 fully saturated rings. The average molecular weight is 518 g/mol. The number of aromatic amines is 2. The summed E-state index contributed by atoms with van der Waals surface area (Å²) in [7, 11) is 0. The molecule has 7 heteroatoms. The van der Waals surface area contributed by atoms with Crippen molar-refractivity contribution < 1.29 is 0 Å². The monoisotopic (exact) mass is 517 g/mol. The summed E-state index contributed by atoms with van der Waals surface area (Å²) in [5.74, 6) is 1.40. The van der Waals surface area contributed by atoms with Crippen molar-refractivity contribution in [1.82, 2.24) is 35.8 Å². The van der Waals surface area contributed by atoms with Gasteiger partial charge in [0.1, 0.15) is 5.52 Å². The van der Waals surface area contributed by atoms with E-state index < -0.39 is 0 Å². The van der Waals surface area contributed by atoms with E-state index in [9.17, 15) is 0 Å². The van der Waals surface area contributed by atoms with E-state index in [2.05, 4.69) is 88.7 Å². The fourth-order valence-corrected chi connectivity index (χ4v) is 5.62. The molecule has 198 valence electrons. The first-order chi connectivity index (χ1) is 19.1. The molecule has 0 radical (unpaired) electrons. The van der Waals surface area contributed by atoms with E-state index in [0.29, 0.717) is 11.7 Å². The number of benzene rings is 1. The quantitative estimate of drug-likeness (QED) is 0.218. The number of imidazole rings is 1. The summed E-state index contributed by atoms with van der Waals surface area (Å²) in [5.41, 5.74) is 9.98. The summed E-state index contributed by atoms with van der Waals surface area (Å²) in [4.78, 5) is 13.6. The normalized spacial score (nSPS) is 18.3. The predicted octanol–water partition coefficient (Wildman–Crippen LogP) is 6.23. The van der Waals surface area contributed by atoms with Gasteiger partial charge in [0, 0.05) is 0 Å². The van der Waals surface area contributed by atoms with Crippen LogP contribution in [0.3, 0.4) is 0 Å². The van der Waals surface area contributed by atoms with Crippen molar-refractivity contribution in [3.63, 3.8) is 0 Å². The molecule has 3 aromatic heterocycles. The second kappa shape index (κ2) is 10.9. The van der Waals surface area contributed by atoms with Crippen molar-refractivity contribution in [3.8, 4) is 11.5 Å². The van der Waals surface area contributed by atoms with Gasteiger partial charge in [0.15, 0.2) is 11.5 Å². The molecular formula is C32H35N7. The summed E-state index contributed by atoms with van der Waals surface area (Å²) in [6.45, 7) is 10.5. The second-order valence-corrected chi connectivity index (χ2v) is 10.5. The zero-order valence-corrected chi connectivity index (χ0v) is 22.6. The SMILES string of the molecule is C=C/C(=C\C(=C/C)c1ccc2[nH]nc(-c3nc4c([nH]3)C=CNC4c3cccc(C)c3)c2n1)CC1CCNCC1. The molecule has 0 amide bonds. The van der Waals surface area contributed by atoms with Crippen molar-refractivity contribution in [1.29, 1.82) is 0 Å². The lowest BCUT2D eigenvalue weighted by molar-refractivity contribution is 0.374. The molecule has 2 aliphatic heterocycles. The highest BCUT2D eigenvalue weighted by Crippen LogP contribution is 2.32. The van der Waals surface area contributed by atoms with Gasteiger partial charge >= 0.3 is 0 Å². The zero-order valence-electron chi connectivity index (χ0n) is 22.6. The Labute approximate surface area is 229 Å². The first-order valence-corrected chi connectivity index (χ1v) is 13.8. The maximum atomic E-state index is 5.07. The van der Waals surface area contributed by atoms with Crippen LogP contribution in [0, 0.1) is 12.8 Å². The summed E-state index contributed by atoms with van der Waals surface area (Å²) in [5, 5.41) is 14.7. The molecule has 0 aliphatic carbocycles. The maximum Gasteiger partial charge on any atom is 0.161 e. The van der Waals surface area contributed by atoms with Crippen LogP contribution in [0.5, 0.6) is 0 Å². The van der Waals surface area contributed by atoms with Crippen LogP contribution in [-0.4, -0.2) is 38.2 Å². The van der Waals surface area contributed by atoms with E-state index in [1.165, 1.54) is 29.5 Å². The number of aryl methyl sites for hydroxylation is 1. The van der Waals surface area contributed by atoms with E-state index in [1.807, 2.05) is 24.4 Å². The van der Waals surface area contributed by atoms with Crippen LogP contribution in [0.15, 0.2) is 73.0 Å². The molecule has 39 heavy (non-hydrogen) atoms. The lowest BCUT2D eigenvalue weighted by Gasteiger charge is -2.23. The maximum absolute atomic E-state index is 5.07. The van der Waals surface area contributed by atoms with Gasteiger partial charge < -0.3 is 15.6 Å². The van der Waals surface area contributed by atoms with Crippen LogP contribution in [-0.2, 0) is 0 Å². The van der Waals surface area contributed by atoms with E-state index >= 15 is 0 Å². The zero-order chi connectivity index (χ0) is 26.8. The van der Waals surface area contributed by atoms with Gasteiger partial charge in [-0.05, 0) is 99.3 Å². The molecule has 4 aromatic rings.